The first-order valence-corrected chi connectivity index (χ1v) is 19.0. The van der Waals surface area contributed by atoms with Crippen molar-refractivity contribution in [3.63, 3.8) is 0 Å². The van der Waals surface area contributed by atoms with Crippen molar-refractivity contribution in [2.24, 2.45) is 10.8 Å². The van der Waals surface area contributed by atoms with Gasteiger partial charge in [0.2, 0.25) is 13.6 Å². The highest BCUT2D eigenvalue weighted by Gasteiger charge is 2.58. The molecule has 0 spiro atoms. The predicted octanol–water partition coefficient (Wildman–Crippen LogP) is 5.39. The van der Waals surface area contributed by atoms with E-state index in [1.54, 1.807) is 41.5 Å². The summed E-state index contributed by atoms with van der Waals surface area (Å²) in [5.41, 5.74) is -5.65. The summed E-state index contributed by atoms with van der Waals surface area (Å²) in [5, 5.41) is -0.348. The molecule has 1 fully saturated rings. The van der Waals surface area contributed by atoms with E-state index in [-0.39, 0.29) is 5.04 Å². The Morgan fingerprint density at radius 2 is 1.51 bits per heavy atom. The van der Waals surface area contributed by atoms with Crippen molar-refractivity contribution < 1.29 is 46.2 Å². The lowest BCUT2D eigenvalue weighted by Crippen LogP contribution is -2.52. The maximum atomic E-state index is 16.7. The predicted molar refractivity (Wildman–Crippen MR) is 167 cm³/mol. The maximum Gasteiger partial charge on any atom is 0.359 e. The molecule has 2 heterocycles. The van der Waals surface area contributed by atoms with Gasteiger partial charge >= 0.3 is 25.2 Å². The molecule has 45 heavy (non-hydrogen) atoms. The number of carbonyl (C=O) groups is 2. The number of rotatable bonds is 11. The second-order valence-corrected chi connectivity index (χ2v) is 21.3. The van der Waals surface area contributed by atoms with Crippen molar-refractivity contribution in [3.8, 4) is 0 Å². The molecule has 256 valence electrons. The van der Waals surface area contributed by atoms with Crippen molar-refractivity contribution in [1.29, 1.82) is 0 Å². The lowest BCUT2D eigenvalue weighted by Gasteiger charge is -2.41. The van der Waals surface area contributed by atoms with Crippen LogP contribution in [0, 0.1) is 10.8 Å². The SMILES string of the molecule is CC(C)(C)C(=O)OCOP(=O)(/C=C/[C@H]1O[C@@H](n2ccc(=O)[nH]c2=O)[C@](C)(F)[C@@H]1O[Si](C)(C)C(C)(C)C)OCOC(=O)C(C)(C)C. The Morgan fingerprint density at radius 3 is 1.93 bits per heavy atom. The van der Waals surface area contributed by atoms with Gasteiger partial charge in [-0.15, -0.1) is 0 Å². The Kier molecular flexibility index (Phi) is 11.8. The van der Waals surface area contributed by atoms with Gasteiger partial charge < -0.3 is 18.6 Å². The minimum absolute atomic E-state index is 0.348. The highest BCUT2D eigenvalue weighted by Crippen LogP contribution is 2.52. The first kappa shape index (κ1) is 38.8. The van der Waals surface area contributed by atoms with Gasteiger partial charge in [-0.3, -0.25) is 37.5 Å². The summed E-state index contributed by atoms with van der Waals surface area (Å²) in [7, 11) is -7.02. The molecule has 0 unspecified atom stereocenters. The molecule has 0 radical (unpaired) electrons. The normalized spacial score (nSPS) is 23.4. The van der Waals surface area contributed by atoms with Crippen LogP contribution in [0.25, 0.3) is 0 Å². The number of nitrogens with zero attached hydrogens (tertiary/aromatic N) is 1. The first-order valence-electron chi connectivity index (χ1n) is 14.5. The molecule has 0 amide bonds. The minimum atomic E-state index is -4.35. The van der Waals surface area contributed by atoms with Gasteiger partial charge in [-0.05, 0) is 72.7 Å². The molecule has 4 atom stereocenters. The molecule has 0 aliphatic carbocycles. The van der Waals surface area contributed by atoms with Crippen LogP contribution in [-0.4, -0.2) is 61.3 Å². The summed E-state index contributed by atoms with van der Waals surface area (Å²) in [6.07, 6.45) is -1.78. The average molecular weight is 679 g/mol. The molecule has 1 N–H and O–H groups in total. The summed E-state index contributed by atoms with van der Waals surface area (Å²) in [6, 6.07) is 1.06. The van der Waals surface area contributed by atoms with E-state index >= 15 is 4.39 Å². The number of halogens is 1. The molecule has 1 aromatic heterocycles. The van der Waals surface area contributed by atoms with E-state index in [4.69, 9.17) is 27.7 Å². The molecule has 1 aliphatic heterocycles. The van der Waals surface area contributed by atoms with Crippen LogP contribution in [0.3, 0.4) is 0 Å². The summed E-state index contributed by atoms with van der Waals surface area (Å²) in [5.74, 6) is -0.299. The van der Waals surface area contributed by atoms with Gasteiger partial charge in [0, 0.05) is 18.1 Å². The zero-order valence-corrected chi connectivity index (χ0v) is 30.1. The Morgan fingerprint density at radius 1 is 1.02 bits per heavy atom. The highest BCUT2D eigenvalue weighted by molar-refractivity contribution is 7.57. The van der Waals surface area contributed by atoms with Gasteiger partial charge in [0.25, 0.3) is 5.56 Å². The third-order valence-corrected chi connectivity index (χ3v) is 13.4. The van der Waals surface area contributed by atoms with Crippen LogP contribution >= 0.6 is 7.60 Å². The fourth-order valence-electron chi connectivity index (χ4n) is 3.64. The second kappa shape index (κ2) is 13.7. The Labute approximate surface area is 264 Å². The molecule has 2 rings (SSSR count). The Bertz CT molecular complexity index is 1380. The molecular weight excluding hydrogens is 630 g/mol. The summed E-state index contributed by atoms with van der Waals surface area (Å²) < 4.78 is 64.7. The highest BCUT2D eigenvalue weighted by atomic mass is 31.2. The lowest BCUT2D eigenvalue weighted by molar-refractivity contribution is -0.161. The number of aromatic amines is 1. The van der Waals surface area contributed by atoms with Gasteiger partial charge in [-0.1, -0.05) is 20.8 Å². The van der Waals surface area contributed by atoms with Crippen LogP contribution in [0.4, 0.5) is 4.39 Å². The second-order valence-electron chi connectivity index (χ2n) is 14.7. The molecule has 1 aliphatic rings. The van der Waals surface area contributed by atoms with Crippen LogP contribution < -0.4 is 11.2 Å². The van der Waals surface area contributed by atoms with Gasteiger partial charge in [0.1, 0.15) is 12.2 Å². The number of ether oxygens (including phenoxy) is 3. The van der Waals surface area contributed by atoms with Gasteiger partial charge in [0.05, 0.1) is 10.8 Å². The number of hydrogen-bond donors (Lipinski definition) is 1. The molecule has 0 saturated carbocycles. The van der Waals surface area contributed by atoms with Crippen molar-refractivity contribution in [2.75, 3.05) is 13.6 Å². The van der Waals surface area contributed by atoms with E-state index in [0.717, 1.165) is 22.6 Å². The van der Waals surface area contributed by atoms with Crippen LogP contribution in [0.1, 0.15) is 75.5 Å². The monoisotopic (exact) mass is 678 g/mol. The Balaban J connectivity index is 2.50. The van der Waals surface area contributed by atoms with Crippen molar-refractivity contribution in [2.45, 2.75) is 111 Å². The molecule has 16 heteroatoms. The van der Waals surface area contributed by atoms with Crippen LogP contribution in [0.15, 0.2) is 33.7 Å². The topological polar surface area (TPSA) is 161 Å². The fraction of sp³-hybridized carbons (Fsp3) is 0.724. The average Bonchev–Trinajstić information content (AvgIpc) is 3.10. The summed E-state index contributed by atoms with van der Waals surface area (Å²) in [4.78, 5) is 50.8. The number of nitrogens with one attached hydrogen (secondary N) is 1. The van der Waals surface area contributed by atoms with Crippen molar-refractivity contribution in [1.82, 2.24) is 9.55 Å². The molecule has 13 nitrogen and oxygen atoms in total. The number of aromatic nitrogens is 2. The molecule has 1 aromatic rings. The zero-order chi connectivity index (χ0) is 34.8. The van der Waals surface area contributed by atoms with E-state index in [0.29, 0.717) is 0 Å². The van der Waals surface area contributed by atoms with Crippen LogP contribution in [0.2, 0.25) is 18.1 Å². The quantitative estimate of drug-likeness (QED) is 0.138. The van der Waals surface area contributed by atoms with Gasteiger partial charge in [-0.25, -0.2) is 9.18 Å². The van der Waals surface area contributed by atoms with E-state index in [2.05, 4.69) is 4.98 Å². The number of hydrogen-bond acceptors (Lipinski definition) is 11. The maximum absolute atomic E-state index is 16.7. The van der Waals surface area contributed by atoms with Gasteiger partial charge in [0.15, 0.2) is 20.2 Å². The molecular formula is C29H48FN2O11PSi. The van der Waals surface area contributed by atoms with Crippen molar-refractivity contribution >= 4 is 27.9 Å². The third kappa shape index (κ3) is 10.0. The van der Waals surface area contributed by atoms with Crippen LogP contribution in [0.5, 0.6) is 0 Å². The smallest absolute Gasteiger partial charge is 0.359 e. The molecule has 0 bridgehead atoms. The zero-order valence-electron chi connectivity index (χ0n) is 28.2. The van der Waals surface area contributed by atoms with E-state index in [9.17, 15) is 23.7 Å². The van der Waals surface area contributed by atoms with E-state index < -0.39 is 87.6 Å². The Hall–Kier alpha value is -2.42. The van der Waals surface area contributed by atoms with Gasteiger partial charge in [-0.2, -0.15) is 0 Å². The summed E-state index contributed by atoms with van der Waals surface area (Å²) >= 11 is 0. The largest absolute Gasteiger partial charge is 0.438 e. The standard InChI is InChI=1S/C29H48FN2O11PSi/c1-26(2,3)23(34)38-17-40-44(37,41-18-39-24(35)27(4,5)6)16-14-19-21(43-45(11,12)28(7,8)9)29(10,30)22(42-19)32-15-13-20(33)31-25(32)36/h13-16,19,21-22H,17-18H2,1-12H3,(H,31,33,36)/b16-14+/t19-,21-,22-,29-/m1/s1. The first-order chi connectivity index (χ1) is 20.2. The number of esters is 2. The number of carbonyl (C=O) groups excluding carboxylic acids is 2. The molecule has 1 saturated heterocycles. The van der Waals surface area contributed by atoms with Crippen LogP contribution in [-0.2, 0) is 41.8 Å². The molecule has 0 aromatic carbocycles. The number of alkyl halides is 1. The van der Waals surface area contributed by atoms with Crippen molar-refractivity contribution in [3.05, 3.63) is 45.0 Å². The fourth-order valence-corrected chi connectivity index (χ4v) is 6.02. The minimum Gasteiger partial charge on any atom is -0.438 e. The third-order valence-electron chi connectivity index (χ3n) is 7.48. The number of H-pyrrole nitrogens is 1. The van der Waals surface area contributed by atoms with E-state index in [1.165, 1.54) is 13.0 Å². The lowest BCUT2D eigenvalue weighted by atomic mass is 9.98. The van der Waals surface area contributed by atoms with E-state index in [1.807, 2.05) is 33.9 Å². The summed E-state index contributed by atoms with van der Waals surface area (Å²) in [6.45, 7) is 19.1.